The number of hydrogen-bond acceptors (Lipinski definition) is 5. The first-order valence-electron chi connectivity index (χ1n) is 5.67. The van der Waals surface area contributed by atoms with E-state index in [1.807, 2.05) is 0 Å². The highest BCUT2D eigenvalue weighted by atomic mass is 35.5. The monoisotopic (exact) mass is 287 g/mol. The summed E-state index contributed by atoms with van der Waals surface area (Å²) in [4.78, 5) is 11.3. The number of rotatable bonds is 6. The number of ether oxygens (including phenoxy) is 3. The number of hydrogen-bond donors (Lipinski definition) is 2. The van der Waals surface area contributed by atoms with Crippen LogP contribution in [0.1, 0.15) is 11.6 Å². The average Bonchev–Trinajstić information content (AvgIpc) is 2.83. The van der Waals surface area contributed by atoms with Gasteiger partial charge >= 0.3 is 5.97 Å². The Morgan fingerprint density at radius 2 is 2.37 bits per heavy atom. The SMILES string of the molecule is COCCNC(C(=O)O)c1cc(Cl)c2c(c1)OCO2. The Balaban J connectivity index is 2.22. The Kier molecular flexibility index (Phi) is 4.47. The molecular formula is C12H14ClNO5. The summed E-state index contributed by atoms with van der Waals surface area (Å²) < 4.78 is 15.3. The van der Waals surface area contributed by atoms with E-state index in [1.54, 1.807) is 19.2 Å². The lowest BCUT2D eigenvalue weighted by atomic mass is 10.1. The molecule has 1 atom stereocenters. The van der Waals surface area contributed by atoms with Crippen LogP contribution in [0.4, 0.5) is 0 Å². The Morgan fingerprint density at radius 1 is 1.58 bits per heavy atom. The number of aliphatic carboxylic acids is 1. The van der Waals surface area contributed by atoms with Gasteiger partial charge in [0.05, 0.1) is 11.6 Å². The molecule has 6 nitrogen and oxygen atoms in total. The molecule has 19 heavy (non-hydrogen) atoms. The van der Waals surface area contributed by atoms with E-state index in [4.69, 9.17) is 25.8 Å². The fourth-order valence-electron chi connectivity index (χ4n) is 1.81. The third-order valence-electron chi connectivity index (χ3n) is 2.68. The van der Waals surface area contributed by atoms with Crippen LogP contribution >= 0.6 is 11.6 Å². The molecule has 1 unspecified atom stereocenters. The van der Waals surface area contributed by atoms with Crippen molar-refractivity contribution in [1.82, 2.24) is 5.32 Å². The van der Waals surface area contributed by atoms with E-state index in [9.17, 15) is 9.90 Å². The highest BCUT2D eigenvalue weighted by Gasteiger charge is 2.25. The molecule has 2 N–H and O–H groups in total. The predicted molar refractivity (Wildman–Crippen MR) is 67.8 cm³/mol. The molecule has 0 aliphatic carbocycles. The number of benzene rings is 1. The van der Waals surface area contributed by atoms with E-state index in [2.05, 4.69) is 5.32 Å². The number of carboxylic acids is 1. The molecule has 1 aliphatic heterocycles. The van der Waals surface area contributed by atoms with Gasteiger partial charge in [0.1, 0.15) is 6.04 Å². The summed E-state index contributed by atoms with van der Waals surface area (Å²) in [5.41, 5.74) is 0.512. The molecule has 1 aliphatic rings. The Labute approximate surface area is 115 Å². The van der Waals surface area contributed by atoms with Crippen LogP contribution in [0.3, 0.4) is 0 Å². The zero-order chi connectivity index (χ0) is 13.8. The van der Waals surface area contributed by atoms with E-state index in [1.165, 1.54) is 0 Å². The Bertz CT molecular complexity index is 479. The molecule has 0 saturated heterocycles. The quantitative estimate of drug-likeness (QED) is 0.771. The second-order valence-electron chi connectivity index (χ2n) is 3.95. The largest absolute Gasteiger partial charge is 0.480 e. The van der Waals surface area contributed by atoms with Crippen LogP contribution in [0, 0.1) is 0 Å². The molecule has 7 heteroatoms. The summed E-state index contributed by atoms with van der Waals surface area (Å²) in [7, 11) is 1.55. The van der Waals surface area contributed by atoms with E-state index in [-0.39, 0.29) is 6.79 Å². The van der Waals surface area contributed by atoms with Gasteiger partial charge < -0.3 is 19.3 Å². The second kappa shape index (κ2) is 6.10. The van der Waals surface area contributed by atoms with Crippen LogP contribution in [0.25, 0.3) is 0 Å². The summed E-state index contributed by atoms with van der Waals surface area (Å²) in [5.74, 6) is -0.0835. The molecule has 1 heterocycles. The van der Waals surface area contributed by atoms with Crippen molar-refractivity contribution >= 4 is 17.6 Å². The second-order valence-corrected chi connectivity index (χ2v) is 4.36. The Morgan fingerprint density at radius 3 is 3.05 bits per heavy atom. The topological polar surface area (TPSA) is 77.0 Å². The van der Waals surface area contributed by atoms with Crippen molar-refractivity contribution in [2.24, 2.45) is 0 Å². The minimum atomic E-state index is -0.994. The summed E-state index contributed by atoms with van der Waals surface area (Å²) in [6.07, 6.45) is 0. The molecular weight excluding hydrogens is 274 g/mol. The lowest BCUT2D eigenvalue weighted by Gasteiger charge is -2.15. The molecule has 0 bridgehead atoms. The molecule has 1 aromatic carbocycles. The van der Waals surface area contributed by atoms with Crippen molar-refractivity contribution in [2.75, 3.05) is 27.1 Å². The summed E-state index contributed by atoms with van der Waals surface area (Å²) in [6, 6.07) is 2.31. The normalized spacial score (nSPS) is 14.4. The first-order valence-corrected chi connectivity index (χ1v) is 6.05. The molecule has 104 valence electrons. The minimum absolute atomic E-state index is 0.0906. The van der Waals surface area contributed by atoms with Crippen molar-refractivity contribution in [3.05, 3.63) is 22.7 Å². The van der Waals surface area contributed by atoms with Crippen molar-refractivity contribution < 1.29 is 24.1 Å². The van der Waals surface area contributed by atoms with Gasteiger partial charge in [-0.15, -0.1) is 0 Å². The lowest BCUT2D eigenvalue weighted by molar-refractivity contribution is -0.139. The highest BCUT2D eigenvalue weighted by Crippen LogP contribution is 2.41. The van der Waals surface area contributed by atoms with E-state index in [0.717, 1.165) is 0 Å². The maximum Gasteiger partial charge on any atom is 0.325 e. The van der Waals surface area contributed by atoms with Gasteiger partial charge in [-0.25, -0.2) is 0 Å². The van der Waals surface area contributed by atoms with Crippen LogP contribution < -0.4 is 14.8 Å². The van der Waals surface area contributed by atoms with Gasteiger partial charge in [0.15, 0.2) is 11.5 Å². The first kappa shape index (κ1) is 13.9. The molecule has 0 radical (unpaired) electrons. The summed E-state index contributed by atoms with van der Waals surface area (Å²) >= 11 is 6.03. The summed E-state index contributed by atoms with van der Waals surface area (Å²) in [5, 5.41) is 12.5. The number of fused-ring (bicyclic) bond motifs is 1. The van der Waals surface area contributed by atoms with Crippen molar-refractivity contribution in [3.8, 4) is 11.5 Å². The predicted octanol–water partition coefficient (Wildman–Crippen LogP) is 1.43. The number of carboxylic acid groups (broad SMARTS) is 1. The van der Waals surface area contributed by atoms with Crippen LogP contribution in [-0.4, -0.2) is 38.1 Å². The van der Waals surface area contributed by atoms with Gasteiger partial charge in [-0.3, -0.25) is 10.1 Å². The van der Waals surface area contributed by atoms with Crippen LogP contribution in [0.2, 0.25) is 5.02 Å². The third kappa shape index (κ3) is 3.09. The van der Waals surface area contributed by atoms with E-state index in [0.29, 0.717) is 35.2 Å². The zero-order valence-corrected chi connectivity index (χ0v) is 11.1. The third-order valence-corrected chi connectivity index (χ3v) is 2.97. The molecule has 1 aromatic rings. The smallest absolute Gasteiger partial charge is 0.325 e. The molecule has 2 rings (SSSR count). The number of halogens is 1. The van der Waals surface area contributed by atoms with Crippen LogP contribution in [0.5, 0.6) is 11.5 Å². The number of nitrogens with one attached hydrogen (secondary N) is 1. The molecule has 0 amide bonds. The van der Waals surface area contributed by atoms with Crippen molar-refractivity contribution in [2.45, 2.75) is 6.04 Å². The first-order chi connectivity index (χ1) is 9.13. The van der Waals surface area contributed by atoms with E-state index < -0.39 is 12.0 Å². The van der Waals surface area contributed by atoms with Gasteiger partial charge in [-0.2, -0.15) is 0 Å². The standard InChI is InChI=1S/C12H14ClNO5/c1-17-3-2-14-10(12(15)16)7-4-8(13)11-9(5-7)18-6-19-11/h4-5,10,14H,2-3,6H2,1H3,(H,15,16). The van der Waals surface area contributed by atoms with Crippen molar-refractivity contribution in [1.29, 1.82) is 0 Å². The molecule has 0 fully saturated rings. The fourth-order valence-corrected chi connectivity index (χ4v) is 2.08. The van der Waals surface area contributed by atoms with Gasteiger partial charge in [-0.05, 0) is 17.7 Å². The van der Waals surface area contributed by atoms with Gasteiger partial charge in [-0.1, -0.05) is 11.6 Å². The molecule has 0 saturated carbocycles. The molecule has 0 aromatic heterocycles. The molecule has 0 spiro atoms. The van der Waals surface area contributed by atoms with Crippen molar-refractivity contribution in [3.63, 3.8) is 0 Å². The average molecular weight is 288 g/mol. The van der Waals surface area contributed by atoms with Crippen LogP contribution in [-0.2, 0) is 9.53 Å². The van der Waals surface area contributed by atoms with Gasteiger partial charge in [0.2, 0.25) is 6.79 Å². The minimum Gasteiger partial charge on any atom is -0.480 e. The maximum atomic E-state index is 11.3. The van der Waals surface area contributed by atoms with Crippen LogP contribution in [0.15, 0.2) is 12.1 Å². The summed E-state index contributed by atoms with van der Waals surface area (Å²) in [6.45, 7) is 0.926. The Hall–Kier alpha value is -1.50. The number of carbonyl (C=O) groups is 1. The zero-order valence-electron chi connectivity index (χ0n) is 10.3. The lowest BCUT2D eigenvalue weighted by Crippen LogP contribution is -2.31. The maximum absolute atomic E-state index is 11.3. The van der Waals surface area contributed by atoms with Gasteiger partial charge in [0, 0.05) is 13.7 Å². The van der Waals surface area contributed by atoms with Gasteiger partial charge in [0.25, 0.3) is 0 Å². The number of methoxy groups -OCH3 is 1. The van der Waals surface area contributed by atoms with E-state index >= 15 is 0 Å². The fraction of sp³-hybridized carbons (Fsp3) is 0.417. The highest BCUT2D eigenvalue weighted by molar-refractivity contribution is 6.32.